The van der Waals surface area contributed by atoms with Crippen molar-refractivity contribution in [2.24, 2.45) is 0 Å². The molecule has 0 aliphatic carbocycles. The first-order chi connectivity index (χ1) is 8.97. The van der Waals surface area contributed by atoms with E-state index in [-0.39, 0.29) is 23.7 Å². The molecule has 2 N–H and O–H groups in total. The standard InChI is InChI=1S/C13H23N5O/c1-8(2)11-15-12(17-16-11)13(19)14-10-5-6-18(4)9(3)7-10/h8-10H,5-7H2,1-4H3,(H,14,19)(H,15,16,17). The number of H-pyrrole nitrogens is 1. The summed E-state index contributed by atoms with van der Waals surface area (Å²) in [7, 11) is 2.12. The van der Waals surface area contributed by atoms with E-state index in [1.807, 2.05) is 13.8 Å². The highest BCUT2D eigenvalue weighted by atomic mass is 16.2. The van der Waals surface area contributed by atoms with E-state index in [2.05, 4.69) is 39.4 Å². The monoisotopic (exact) mass is 265 g/mol. The Morgan fingerprint density at radius 2 is 2.26 bits per heavy atom. The van der Waals surface area contributed by atoms with Gasteiger partial charge in [-0.15, -0.1) is 5.10 Å². The highest BCUT2D eigenvalue weighted by molar-refractivity contribution is 5.90. The van der Waals surface area contributed by atoms with Crippen molar-refractivity contribution >= 4 is 5.91 Å². The molecule has 0 bridgehead atoms. The molecule has 6 heteroatoms. The fourth-order valence-corrected chi connectivity index (χ4v) is 2.30. The van der Waals surface area contributed by atoms with Crippen LogP contribution in [0.3, 0.4) is 0 Å². The van der Waals surface area contributed by atoms with Gasteiger partial charge in [0, 0.05) is 24.5 Å². The van der Waals surface area contributed by atoms with E-state index >= 15 is 0 Å². The fourth-order valence-electron chi connectivity index (χ4n) is 2.30. The van der Waals surface area contributed by atoms with Crippen LogP contribution >= 0.6 is 0 Å². The number of hydrogen-bond donors (Lipinski definition) is 2. The van der Waals surface area contributed by atoms with Crippen molar-refractivity contribution < 1.29 is 4.79 Å². The number of piperidine rings is 1. The van der Waals surface area contributed by atoms with Crippen molar-refractivity contribution in [3.8, 4) is 0 Å². The maximum absolute atomic E-state index is 12.1. The summed E-state index contributed by atoms with van der Waals surface area (Å²) >= 11 is 0. The van der Waals surface area contributed by atoms with E-state index in [4.69, 9.17) is 0 Å². The third-order valence-corrected chi connectivity index (χ3v) is 3.80. The molecular weight excluding hydrogens is 242 g/mol. The van der Waals surface area contributed by atoms with Gasteiger partial charge >= 0.3 is 0 Å². The summed E-state index contributed by atoms with van der Waals surface area (Å²) in [5, 5.41) is 9.82. The van der Waals surface area contributed by atoms with E-state index in [9.17, 15) is 4.79 Å². The Hall–Kier alpha value is -1.43. The molecule has 1 aromatic heterocycles. The number of aromatic nitrogens is 3. The second-order valence-electron chi connectivity index (χ2n) is 5.72. The molecule has 1 fully saturated rings. The lowest BCUT2D eigenvalue weighted by molar-refractivity contribution is 0.0886. The summed E-state index contributed by atoms with van der Waals surface area (Å²) in [6, 6.07) is 0.720. The number of aromatic amines is 1. The van der Waals surface area contributed by atoms with Crippen molar-refractivity contribution in [3.63, 3.8) is 0 Å². The van der Waals surface area contributed by atoms with Gasteiger partial charge in [-0.2, -0.15) is 0 Å². The molecule has 2 unspecified atom stereocenters. The normalized spacial score (nSPS) is 24.7. The summed E-state index contributed by atoms with van der Waals surface area (Å²) in [5.74, 6) is 1.07. The second-order valence-corrected chi connectivity index (χ2v) is 5.72. The summed E-state index contributed by atoms with van der Waals surface area (Å²) in [6.07, 6.45) is 1.96. The van der Waals surface area contributed by atoms with E-state index in [1.54, 1.807) is 0 Å². The van der Waals surface area contributed by atoms with E-state index in [0.29, 0.717) is 6.04 Å². The molecular formula is C13H23N5O. The molecule has 1 aliphatic heterocycles. The molecule has 2 rings (SSSR count). The van der Waals surface area contributed by atoms with Crippen molar-refractivity contribution in [3.05, 3.63) is 11.6 Å². The van der Waals surface area contributed by atoms with E-state index < -0.39 is 0 Å². The molecule has 1 saturated heterocycles. The molecule has 1 aromatic rings. The zero-order chi connectivity index (χ0) is 14.0. The number of likely N-dealkylation sites (tertiary alicyclic amines) is 1. The first-order valence-corrected chi connectivity index (χ1v) is 6.90. The predicted octanol–water partition coefficient (Wildman–Crippen LogP) is 1.14. The highest BCUT2D eigenvalue weighted by Gasteiger charge is 2.25. The van der Waals surface area contributed by atoms with Crippen LogP contribution < -0.4 is 5.32 Å². The minimum absolute atomic E-state index is 0.176. The molecule has 0 aromatic carbocycles. The van der Waals surface area contributed by atoms with Gasteiger partial charge in [0.15, 0.2) is 0 Å². The Kier molecular flexibility index (Phi) is 4.19. The summed E-state index contributed by atoms with van der Waals surface area (Å²) in [5.41, 5.74) is 0. The first-order valence-electron chi connectivity index (χ1n) is 6.90. The Bertz CT molecular complexity index is 442. The van der Waals surface area contributed by atoms with Crippen LogP contribution in [0.2, 0.25) is 0 Å². The second kappa shape index (κ2) is 5.69. The van der Waals surface area contributed by atoms with Crippen molar-refractivity contribution in [2.45, 2.75) is 51.6 Å². The third kappa shape index (κ3) is 3.32. The maximum atomic E-state index is 12.1. The lowest BCUT2D eigenvalue weighted by Crippen LogP contribution is -2.47. The molecule has 0 saturated carbocycles. The first kappa shape index (κ1) is 14.0. The van der Waals surface area contributed by atoms with Crippen molar-refractivity contribution in [1.29, 1.82) is 0 Å². The lowest BCUT2D eigenvalue weighted by Gasteiger charge is -2.35. The Morgan fingerprint density at radius 1 is 1.53 bits per heavy atom. The summed E-state index contributed by atoms with van der Waals surface area (Å²) in [6.45, 7) is 7.22. The SMILES string of the molecule is CC(C)c1nc(C(=O)NC2CCN(C)C(C)C2)n[nH]1. The molecule has 6 nitrogen and oxygen atoms in total. The van der Waals surface area contributed by atoms with Crippen molar-refractivity contribution in [2.75, 3.05) is 13.6 Å². The van der Waals surface area contributed by atoms with Crippen LogP contribution in [0.15, 0.2) is 0 Å². The molecule has 2 heterocycles. The van der Waals surface area contributed by atoms with Gasteiger partial charge in [-0.3, -0.25) is 9.89 Å². The van der Waals surface area contributed by atoms with Crippen LogP contribution in [0.25, 0.3) is 0 Å². The predicted molar refractivity (Wildman–Crippen MR) is 73.1 cm³/mol. The number of nitrogens with zero attached hydrogens (tertiary/aromatic N) is 3. The zero-order valence-corrected chi connectivity index (χ0v) is 12.1. The Balaban J connectivity index is 1.93. The van der Waals surface area contributed by atoms with Gasteiger partial charge in [-0.1, -0.05) is 13.8 Å². The van der Waals surface area contributed by atoms with Crippen LogP contribution in [-0.4, -0.2) is 51.7 Å². The summed E-state index contributed by atoms with van der Waals surface area (Å²) < 4.78 is 0. The lowest BCUT2D eigenvalue weighted by atomic mass is 9.99. The number of hydrogen-bond acceptors (Lipinski definition) is 4. The molecule has 0 radical (unpaired) electrons. The van der Waals surface area contributed by atoms with E-state index in [1.165, 1.54) is 0 Å². The minimum atomic E-state index is -0.176. The molecule has 0 spiro atoms. The fraction of sp³-hybridized carbons (Fsp3) is 0.769. The average molecular weight is 265 g/mol. The average Bonchev–Trinajstić information content (AvgIpc) is 2.83. The van der Waals surface area contributed by atoms with Crippen LogP contribution in [-0.2, 0) is 0 Å². The topological polar surface area (TPSA) is 73.9 Å². The Labute approximate surface area is 114 Å². The molecule has 19 heavy (non-hydrogen) atoms. The molecule has 1 amide bonds. The van der Waals surface area contributed by atoms with Crippen LogP contribution in [0, 0.1) is 0 Å². The van der Waals surface area contributed by atoms with Gasteiger partial charge in [0.1, 0.15) is 5.82 Å². The molecule has 1 aliphatic rings. The molecule has 106 valence electrons. The molecule has 2 atom stereocenters. The van der Waals surface area contributed by atoms with Crippen molar-refractivity contribution in [1.82, 2.24) is 25.4 Å². The number of carbonyl (C=O) groups excluding carboxylic acids is 1. The van der Waals surface area contributed by atoms with Gasteiger partial charge in [0.25, 0.3) is 5.91 Å². The number of carbonyl (C=O) groups is 1. The summed E-state index contributed by atoms with van der Waals surface area (Å²) in [4.78, 5) is 18.6. The van der Waals surface area contributed by atoms with Gasteiger partial charge < -0.3 is 10.2 Å². The number of nitrogens with one attached hydrogen (secondary N) is 2. The smallest absolute Gasteiger partial charge is 0.291 e. The largest absolute Gasteiger partial charge is 0.346 e. The van der Waals surface area contributed by atoms with Gasteiger partial charge in [-0.25, -0.2) is 4.98 Å². The third-order valence-electron chi connectivity index (χ3n) is 3.80. The van der Waals surface area contributed by atoms with Gasteiger partial charge in [-0.05, 0) is 26.8 Å². The number of amides is 1. The van der Waals surface area contributed by atoms with Crippen LogP contribution in [0.5, 0.6) is 0 Å². The minimum Gasteiger partial charge on any atom is -0.346 e. The van der Waals surface area contributed by atoms with Gasteiger partial charge in [0.05, 0.1) is 0 Å². The van der Waals surface area contributed by atoms with Crippen LogP contribution in [0.1, 0.15) is 56.0 Å². The van der Waals surface area contributed by atoms with E-state index in [0.717, 1.165) is 25.2 Å². The zero-order valence-electron chi connectivity index (χ0n) is 12.1. The highest BCUT2D eigenvalue weighted by Crippen LogP contribution is 2.15. The Morgan fingerprint density at radius 3 is 2.84 bits per heavy atom. The van der Waals surface area contributed by atoms with Gasteiger partial charge in [0.2, 0.25) is 5.82 Å². The maximum Gasteiger partial charge on any atom is 0.291 e. The number of rotatable bonds is 3. The quantitative estimate of drug-likeness (QED) is 0.859. The van der Waals surface area contributed by atoms with Crippen LogP contribution in [0.4, 0.5) is 0 Å².